The lowest BCUT2D eigenvalue weighted by atomic mass is 9.82. The van der Waals surface area contributed by atoms with Crippen LogP contribution in [0.3, 0.4) is 0 Å². The summed E-state index contributed by atoms with van der Waals surface area (Å²) in [5.41, 5.74) is 15.0. The maximum absolute atomic E-state index is 2.46. The molecule has 0 saturated heterocycles. The molecule has 0 fully saturated rings. The molecule has 0 N–H and O–H groups in total. The Labute approximate surface area is 331 Å². The van der Waals surface area contributed by atoms with E-state index in [1.807, 2.05) is 11.3 Å². The van der Waals surface area contributed by atoms with E-state index in [1.165, 1.54) is 87.2 Å². The summed E-state index contributed by atoms with van der Waals surface area (Å²) in [6, 6.07) is 62.6. The van der Waals surface area contributed by atoms with Crippen molar-refractivity contribution in [2.24, 2.45) is 0 Å². The summed E-state index contributed by atoms with van der Waals surface area (Å²) >= 11 is 1.92. The largest absolute Gasteiger partial charge is 0.311 e. The van der Waals surface area contributed by atoms with Crippen LogP contribution in [0.5, 0.6) is 0 Å². The van der Waals surface area contributed by atoms with Crippen molar-refractivity contribution in [2.45, 2.75) is 31.6 Å². The Balaban J connectivity index is 0.984. The molecule has 2 nitrogen and oxygen atoms in total. The molecule has 268 valence electrons. The highest BCUT2D eigenvalue weighted by Gasteiger charge is 2.36. The van der Waals surface area contributed by atoms with Crippen LogP contribution < -0.4 is 4.90 Å². The summed E-state index contributed by atoms with van der Waals surface area (Å²) in [4.78, 5) is 3.88. The van der Waals surface area contributed by atoms with E-state index >= 15 is 0 Å². The molecular formula is C53H40N2S. The van der Waals surface area contributed by atoms with Gasteiger partial charge in [0.05, 0.1) is 11.0 Å². The standard InChI is InChI=1S/C53H40N2S/c1-53(2)47-17-9-7-15-43(47)44-30-29-42(34-48(44)53)54(41-27-22-36(23-28-41)52-33-38-12-6-11-19-51(38)56-52)40-25-20-35(21-26-40)37-24-31-50-46(32-37)45-16-8-10-18-49(45)55(50)39-13-4-3-5-14-39/h3-22,24-34,36H,23H2,1-2H3. The van der Waals surface area contributed by atoms with Crippen LogP contribution in [0, 0.1) is 0 Å². The Morgan fingerprint density at radius 1 is 0.589 bits per heavy atom. The lowest BCUT2D eigenvalue weighted by molar-refractivity contribution is 0.660. The zero-order chi connectivity index (χ0) is 37.4. The molecule has 0 aliphatic heterocycles. The third-order valence-corrected chi connectivity index (χ3v) is 13.4. The molecule has 2 heterocycles. The first-order chi connectivity index (χ1) is 27.5. The van der Waals surface area contributed by atoms with E-state index in [4.69, 9.17) is 0 Å². The minimum absolute atomic E-state index is 0.0806. The number of para-hydroxylation sites is 2. The van der Waals surface area contributed by atoms with Gasteiger partial charge in [-0.05, 0) is 118 Å². The summed E-state index contributed by atoms with van der Waals surface area (Å²) in [6.45, 7) is 4.73. The number of allylic oxidation sites excluding steroid dienone is 3. The molecule has 9 aromatic rings. The van der Waals surface area contributed by atoms with Crippen LogP contribution in [0.25, 0.3) is 59.8 Å². The van der Waals surface area contributed by atoms with Crippen LogP contribution in [0.15, 0.2) is 194 Å². The van der Waals surface area contributed by atoms with Gasteiger partial charge in [-0.25, -0.2) is 0 Å². The summed E-state index contributed by atoms with van der Waals surface area (Å²) < 4.78 is 3.73. The van der Waals surface area contributed by atoms with Crippen molar-refractivity contribution in [1.29, 1.82) is 0 Å². The minimum Gasteiger partial charge on any atom is -0.311 e. The Kier molecular flexibility index (Phi) is 7.55. The van der Waals surface area contributed by atoms with Crippen LogP contribution in [0.2, 0.25) is 0 Å². The highest BCUT2D eigenvalue weighted by atomic mass is 32.1. The Morgan fingerprint density at radius 3 is 2.14 bits per heavy atom. The molecule has 56 heavy (non-hydrogen) atoms. The van der Waals surface area contributed by atoms with Gasteiger partial charge in [0.25, 0.3) is 0 Å². The molecule has 1 atom stereocenters. The molecule has 2 aliphatic carbocycles. The van der Waals surface area contributed by atoms with E-state index in [0.717, 1.165) is 12.1 Å². The van der Waals surface area contributed by atoms with Gasteiger partial charge < -0.3 is 9.47 Å². The third-order valence-electron chi connectivity index (χ3n) is 12.1. The second-order valence-electron chi connectivity index (χ2n) is 15.7. The van der Waals surface area contributed by atoms with E-state index in [1.54, 1.807) is 0 Å². The number of thiophene rings is 1. The highest BCUT2D eigenvalue weighted by Crippen LogP contribution is 2.50. The summed E-state index contributed by atoms with van der Waals surface area (Å²) in [7, 11) is 0. The van der Waals surface area contributed by atoms with E-state index in [9.17, 15) is 0 Å². The second-order valence-corrected chi connectivity index (χ2v) is 16.8. The predicted molar refractivity (Wildman–Crippen MR) is 239 cm³/mol. The van der Waals surface area contributed by atoms with Crippen molar-refractivity contribution in [3.8, 4) is 27.9 Å². The fourth-order valence-electron chi connectivity index (χ4n) is 9.26. The van der Waals surface area contributed by atoms with Gasteiger partial charge in [0, 0.05) is 54.4 Å². The van der Waals surface area contributed by atoms with Gasteiger partial charge in [0.1, 0.15) is 0 Å². The molecule has 1 unspecified atom stereocenters. The Bertz CT molecular complexity index is 3000. The Hall–Kier alpha value is -6.42. The first-order valence-corrected chi connectivity index (χ1v) is 20.4. The van der Waals surface area contributed by atoms with Crippen molar-refractivity contribution in [2.75, 3.05) is 4.90 Å². The lowest BCUT2D eigenvalue weighted by Crippen LogP contribution is -2.19. The number of anilines is 2. The maximum atomic E-state index is 2.46. The minimum atomic E-state index is -0.0806. The van der Waals surface area contributed by atoms with E-state index < -0.39 is 0 Å². The summed E-state index contributed by atoms with van der Waals surface area (Å²) in [5.74, 6) is 0.372. The molecule has 0 radical (unpaired) electrons. The van der Waals surface area contributed by atoms with Gasteiger partial charge in [0.2, 0.25) is 0 Å². The molecular weight excluding hydrogens is 697 g/mol. The van der Waals surface area contributed by atoms with E-state index in [2.05, 4.69) is 211 Å². The van der Waals surface area contributed by atoms with Crippen LogP contribution in [-0.4, -0.2) is 4.57 Å². The maximum Gasteiger partial charge on any atom is 0.0541 e. The fraction of sp³-hybridized carbons (Fsp3) is 0.0943. The number of hydrogen-bond donors (Lipinski definition) is 0. The molecule has 3 heteroatoms. The summed E-state index contributed by atoms with van der Waals surface area (Å²) in [5, 5.41) is 3.86. The SMILES string of the molecule is CC1(C)c2ccccc2-c2ccc(N(C3=CCC(c4cc5ccccc5s4)C=C3)c3ccc(-c4ccc5c(c4)c4ccccc4n5-c4ccccc4)cc3)cc21. The zero-order valence-electron chi connectivity index (χ0n) is 31.5. The number of nitrogens with zero attached hydrogens (tertiary/aromatic N) is 2. The monoisotopic (exact) mass is 736 g/mol. The van der Waals surface area contributed by atoms with Gasteiger partial charge in [-0.2, -0.15) is 0 Å². The average molecular weight is 737 g/mol. The molecule has 2 aliphatic rings. The summed E-state index contributed by atoms with van der Waals surface area (Å²) in [6.07, 6.45) is 8.16. The predicted octanol–water partition coefficient (Wildman–Crippen LogP) is 14.7. The number of aromatic nitrogens is 1. The second kappa shape index (κ2) is 12.8. The first kappa shape index (κ1) is 33.0. The van der Waals surface area contributed by atoms with Gasteiger partial charge in [0.15, 0.2) is 0 Å². The van der Waals surface area contributed by atoms with Gasteiger partial charge in [-0.3, -0.25) is 0 Å². The van der Waals surface area contributed by atoms with Crippen LogP contribution >= 0.6 is 11.3 Å². The number of hydrogen-bond acceptors (Lipinski definition) is 2. The van der Waals surface area contributed by atoms with Crippen LogP contribution in [-0.2, 0) is 5.41 Å². The van der Waals surface area contributed by atoms with Crippen molar-refractivity contribution < 1.29 is 0 Å². The highest BCUT2D eigenvalue weighted by molar-refractivity contribution is 7.19. The van der Waals surface area contributed by atoms with Gasteiger partial charge >= 0.3 is 0 Å². The van der Waals surface area contributed by atoms with Crippen molar-refractivity contribution in [3.63, 3.8) is 0 Å². The normalized spacial score (nSPS) is 15.6. The van der Waals surface area contributed by atoms with Crippen molar-refractivity contribution in [3.05, 3.63) is 210 Å². The average Bonchev–Trinajstić information content (AvgIpc) is 3.90. The third kappa shape index (κ3) is 5.22. The Morgan fingerprint density at radius 2 is 1.30 bits per heavy atom. The first-order valence-electron chi connectivity index (χ1n) is 19.6. The number of benzene rings is 7. The van der Waals surface area contributed by atoms with Crippen molar-refractivity contribution in [1.82, 2.24) is 4.57 Å². The van der Waals surface area contributed by atoms with Gasteiger partial charge in [-0.1, -0.05) is 129 Å². The molecule has 0 spiro atoms. The van der Waals surface area contributed by atoms with E-state index in [-0.39, 0.29) is 5.41 Å². The van der Waals surface area contributed by atoms with E-state index in [0.29, 0.717) is 5.92 Å². The van der Waals surface area contributed by atoms with Crippen LogP contribution in [0.4, 0.5) is 11.4 Å². The molecule has 0 amide bonds. The van der Waals surface area contributed by atoms with Crippen molar-refractivity contribution >= 4 is 54.6 Å². The zero-order valence-corrected chi connectivity index (χ0v) is 32.3. The molecule has 11 rings (SSSR count). The quantitative estimate of drug-likeness (QED) is 0.165. The molecule has 2 aromatic heterocycles. The smallest absolute Gasteiger partial charge is 0.0541 e. The topological polar surface area (TPSA) is 8.17 Å². The number of rotatable bonds is 6. The molecule has 0 saturated carbocycles. The van der Waals surface area contributed by atoms with Gasteiger partial charge in [-0.15, -0.1) is 11.3 Å². The fourth-order valence-corrected chi connectivity index (χ4v) is 10.4. The lowest BCUT2D eigenvalue weighted by Gasteiger charge is -2.30. The van der Waals surface area contributed by atoms with Crippen LogP contribution in [0.1, 0.15) is 42.2 Å². The molecule has 0 bridgehead atoms. The number of fused-ring (bicyclic) bond motifs is 7. The molecule has 7 aromatic carbocycles.